The van der Waals surface area contributed by atoms with E-state index in [-0.39, 0.29) is 23.8 Å². The molecule has 0 aliphatic carbocycles. The lowest BCUT2D eigenvalue weighted by Crippen LogP contribution is -2.45. The number of rotatable bonds is 4. The zero-order chi connectivity index (χ0) is 18.0. The van der Waals surface area contributed by atoms with Crippen molar-refractivity contribution in [3.63, 3.8) is 0 Å². The van der Waals surface area contributed by atoms with Gasteiger partial charge in [-0.05, 0) is 44.0 Å². The lowest BCUT2D eigenvalue weighted by atomic mass is 9.95. The molecule has 0 saturated carbocycles. The van der Waals surface area contributed by atoms with Crippen LogP contribution in [0.5, 0.6) is 0 Å². The molecule has 2 N–H and O–H groups in total. The van der Waals surface area contributed by atoms with E-state index < -0.39 is 0 Å². The van der Waals surface area contributed by atoms with Gasteiger partial charge in [0.2, 0.25) is 17.6 Å². The van der Waals surface area contributed by atoms with E-state index in [0.717, 1.165) is 24.9 Å². The molecule has 0 radical (unpaired) electrons. The highest BCUT2D eigenvalue weighted by atomic mass is 35.5. The summed E-state index contributed by atoms with van der Waals surface area (Å²) in [6.07, 6.45) is 1.85. The molecule has 1 aliphatic heterocycles. The van der Waals surface area contributed by atoms with E-state index >= 15 is 0 Å². The van der Waals surface area contributed by atoms with Crippen molar-refractivity contribution < 1.29 is 9.32 Å². The molecule has 3 unspecified atom stereocenters. The molecule has 2 aromatic rings. The minimum atomic E-state index is -0.189. The highest BCUT2D eigenvalue weighted by Gasteiger charge is 2.31. The van der Waals surface area contributed by atoms with Gasteiger partial charge in [-0.2, -0.15) is 4.98 Å². The third-order valence-corrected chi connectivity index (χ3v) is 5.06. The Morgan fingerprint density at radius 3 is 2.76 bits per heavy atom. The molecule has 2 heterocycles. The molecule has 0 bridgehead atoms. The molecule has 1 aliphatic rings. The fraction of sp³-hybridized carbons (Fsp3) is 0.500. The maximum atomic E-state index is 12.5. The van der Waals surface area contributed by atoms with E-state index in [1.165, 1.54) is 0 Å². The second kappa shape index (κ2) is 7.54. The van der Waals surface area contributed by atoms with Crippen molar-refractivity contribution in [2.75, 3.05) is 13.1 Å². The maximum Gasteiger partial charge on any atom is 0.231 e. The summed E-state index contributed by atoms with van der Waals surface area (Å²) >= 11 is 5.91. The van der Waals surface area contributed by atoms with Gasteiger partial charge in [-0.1, -0.05) is 23.7 Å². The molecule has 25 heavy (non-hydrogen) atoms. The van der Waals surface area contributed by atoms with Crippen molar-refractivity contribution >= 4 is 17.5 Å². The normalized spacial score (nSPS) is 20.3. The van der Waals surface area contributed by atoms with Crippen LogP contribution in [0, 0.1) is 5.92 Å². The summed E-state index contributed by atoms with van der Waals surface area (Å²) in [5.74, 6) is 1.09. The summed E-state index contributed by atoms with van der Waals surface area (Å²) in [6, 6.07) is 7.15. The van der Waals surface area contributed by atoms with Crippen LogP contribution in [0.4, 0.5) is 0 Å². The number of likely N-dealkylation sites (tertiary alicyclic amines) is 1. The molecule has 1 amide bonds. The van der Waals surface area contributed by atoms with Gasteiger partial charge in [0.15, 0.2) is 0 Å². The number of piperidine rings is 1. The van der Waals surface area contributed by atoms with Gasteiger partial charge in [0.25, 0.3) is 0 Å². The predicted octanol–water partition coefficient (Wildman–Crippen LogP) is 3.08. The molecule has 1 saturated heterocycles. The molecule has 134 valence electrons. The van der Waals surface area contributed by atoms with Crippen LogP contribution in [-0.2, 0) is 4.79 Å². The van der Waals surface area contributed by atoms with Crippen molar-refractivity contribution in [2.45, 2.75) is 38.6 Å². The van der Waals surface area contributed by atoms with Crippen molar-refractivity contribution in [3.05, 3.63) is 35.2 Å². The van der Waals surface area contributed by atoms with E-state index in [1.807, 2.05) is 30.9 Å². The number of halogens is 1. The molecule has 6 nitrogen and oxygen atoms in total. The second-order valence-electron chi connectivity index (χ2n) is 6.73. The minimum Gasteiger partial charge on any atom is -0.342 e. The Morgan fingerprint density at radius 1 is 1.36 bits per heavy atom. The van der Waals surface area contributed by atoms with Crippen molar-refractivity contribution in [1.29, 1.82) is 0 Å². The van der Waals surface area contributed by atoms with E-state index in [9.17, 15) is 4.79 Å². The maximum absolute atomic E-state index is 12.5. The van der Waals surface area contributed by atoms with Crippen LogP contribution in [0.25, 0.3) is 11.4 Å². The van der Waals surface area contributed by atoms with Crippen LogP contribution < -0.4 is 5.73 Å². The van der Waals surface area contributed by atoms with Gasteiger partial charge in [-0.3, -0.25) is 4.79 Å². The molecule has 1 aromatic carbocycles. The predicted molar refractivity (Wildman–Crippen MR) is 96.1 cm³/mol. The van der Waals surface area contributed by atoms with Gasteiger partial charge in [-0.25, -0.2) is 0 Å². The Labute approximate surface area is 152 Å². The Kier molecular flexibility index (Phi) is 5.39. The summed E-state index contributed by atoms with van der Waals surface area (Å²) in [5.41, 5.74) is 6.73. The van der Waals surface area contributed by atoms with Crippen LogP contribution in [0.2, 0.25) is 5.02 Å². The lowest BCUT2D eigenvalue weighted by Gasteiger charge is -2.33. The molecular weight excluding hydrogens is 340 g/mol. The fourth-order valence-corrected chi connectivity index (χ4v) is 3.13. The summed E-state index contributed by atoms with van der Waals surface area (Å²) < 4.78 is 5.47. The number of carbonyl (C=O) groups is 1. The highest BCUT2D eigenvalue weighted by molar-refractivity contribution is 6.30. The average Bonchev–Trinajstić information content (AvgIpc) is 3.11. The standard InChI is InChI=1S/C18H23ClN4O2/c1-11(12(2)20)18(24)23-9-3-4-14(10-23)17-21-16(22-25-17)13-5-7-15(19)8-6-13/h5-8,11-12,14H,3-4,9-10,20H2,1-2H3. The molecule has 1 fully saturated rings. The van der Waals surface area contributed by atoms with Crippen LogP contribution in [0.1, 0.15) is 38.5 Å². The summed E-state index contributed by atoms with van der Waals surface area (Å²) in [6.45, 7) is 5.09. The first-order chi connectivity index (χ1) is 12.0. The van der Waals surface area contributed by atoms with E-state index in [1.54, 1.807) is 12.1 Å². The van der Waals surface area contributed by atoms with Gasteiger partial charge < -0.3 is 15.2 Å². The first kappa shape index (κ1) is 17.9. The van der Waals surface area contributed by atoms with Gasteiger partial charge >= 0.3 is 0 Å². The van der Waals surface area contributed by atoms with Crippen LogP contribution >= 0.6 is 11.6 Å². The number of carbonyl (C=O) groups excluding carboxylic acids is 1. The smallest absolute Gasteiger partial charge is 0.231 e. The quantitative estimate of drug-likeness (QED) is 0.903. The molecule has 7 heteroatoms. The van der Waals surface area contributed by atoms with Crippen LogP contribution in [0.15, 0.2) is 28.8 Å². The minimum absolute atomic E-state index is 0.0616. The third kappa shape index (κ3) is 4.02. The van der Waals surface area contributed by atoms with Gasteiger partial charge in [0, 0.05) is 29.7 Å². The van der Waals surface area contributed by atoms with Gasteiger partial charge in [-0.15, -0.1) is 0 Å². The zero-order valence-corrected chi connectivity index (χ0v) is 15.2. The van der Waals surface area contributed by atoms with E-state index in [0.29, 0.717) is 23.3 Å². The van der Waals surface area contributed by atoms with Crippen molar-refractivity contribution in [2.24, 2.45) is 11.7 Å². The van der Waals surface area contributed by atoms with Gasteiger partial charge in [0.1, 0.15) is 0 Å². The SMILES string of the molecule is CC(N)C(C)C(=O)N1CCCC(c2nc(-c3ccc(Cl)cc3)no2)C1. The Bertz CT molecular complexity index is 729. The Hall–Kier alpha value is -1.92. The molecule has 3 atom stereocenters. The zero-order valence-electron chi connectivity index (χ0n) is 14.5. The molecule has 3 rings (SSSR count). The van der Waals surface area contributed by atoms with Crippen molar-refractivity contribution in [1.82, 2.24) is 15.0 Å². The number of amides is 1. The highest BCUT2D eigenvalue weighted by Crippen LogP contribution is 2.28. The first-order valence-corrected chi connectivity index (χ1v) is 8.97. The van der Waals surface area contributed by atoms with Crippen LogP contribution in [0.3, 0.4) is 0 Å². The van der Waals surface area contributed by atoms with Gasteiger partial charge in [0.05, 0.1) is 11.8 Å². The van der Waals surface area contributed by atoms with Crippen molar-refractivity contribution in [3.8, 4) is 11.4 Å². The molecule has 1 aromatic heterocycles. The van der Waals surface area contributed by atoms with Crippen LogP contribution in [-0.4, -0.2) is 40.1 Å². The number of hydrogen-bond donors (Lipinski definition) is 1. The number of hydrogen-bond acceptors (Lipinski definition) is 5. The fourth-order valence-electron chi connectivity index (χ4n) is 3.01. The summed E-state index contributed by atoms with van der Waals surface area (Å²) in [7, 11) is 0. The number of aromatic nitrogens is 2. The summed E-state index contributed by atoms with van der Waals surface area (Å²) in [5, 5.41) is 4.74. The average molecular weight is 363 g/mol. The lowest BCUT2D eigenvalue weighted by molar-refractivity contribution is -0.136. The van der Waals surface area contributed by atoms with E-state index in [4.69, 9.17) is 21.9 Å². The monoisotopic (exact) mass is 362 g/mol. The number of benzene rings is 1. The molecule has 0 spiro atoms. The number of nitrogens with two attached hydrogens (primary N) is 1. The Balaban J connectivity index is 1.72. The summed E-state index contributed by atoms with van der Waals surface area (Å²) in [4.78, 5) is 18.9. The Morgan fingerprint density at radius 2 is 2.08 bits per heavy atom. The molecular formula is C18H23ClN4O2. The number of nitrogens with zero attached hydrogens (tertiary/aromatic N) is 3. The second-order valence-corrected chi connectivity index (χ2v) is 7.17. The van der Waals surface area contributed by atoms with E-state index in [2.05, 4.69) is 10.1 Å². The topological polar surface area (TPSA) is 85.3 Å². The first-order valence-electron chi connectivity index (χ1n) is 8.59. The largest absolute Gasteiger partial charge is 0.342 e. The third-order valence-electron chi connectivity index (χ3n) is 4.80.